The van der Waals surface area contributed by atoms with Crippen molar-refractivity contribution in [2.75, 3.05) is 26.2 Å². The van der Waals surface area contributed by atoms with Gasteiger partial charge in [-0.25, -0.2) is 8.78 Å². The molecule has 0 amide bonds. The summed E-state index contributed by atoms with van der Waals surface area (Å²) in [6.45, 7) is 4.72. The van der Waals surface area contributed by atoms with E-state index in [0.29, 0.717) is 13.2 Å². The summed E-state index contributed by atoms with van der Waals surface area (Å²) in [4.78, 5) is 2.22. The zero-order valence-electron chi connectivity index (χ0n) is 21.4. The van der Waals surface area contributed by atoms with Crippen molar-refractivity contribution in [2.24, 2.45) is 0 Å². The zero-order valence-corrected chi connectivity index (χ0v) is 22.2. The lowest BCUT2D eigenvalue weighted by Crippen LogP contribution is -2.54. The molecule has 2 heterocycles. The Balaban J connectivity index is 0.00000336. The number of fused-ring (bicyclic) bond motifs is 1. The lowest BCUT2D eigenvalue weighted by atomic mass is 9.86. The van der Waals surface area contributed by atoms with Crippen LogP contribution in [0.5, 0.6) is 5.75 Å². The van der Waals surface area contributed by atoms with Gasteiger partial charge in [0.25, 0.3) is 0 Å². The molecule has 5 rings (SSSR count). The van der Waals surface area contributed by atoms with Gasteiger partial charge in [-0.3, -0.25) is 0 Å². The number of hydrogen-bond donors (Lipinski definition) is 1. The van der Waals surface area contributed by atoms with Gasteiger partial charge in [0, 0.05) is 25.2 Å². The molecule has 2 aliphatic rings. The molecule has 8 heteroatoms. The van der Waals surface area contributed by atoms with Gasteiger partial charge >= 0.3 is 0 Å². The van der Waals surface area contributed by atoms with Gasteiger partial charge in [-0.2, -0.15) is 0 Å². The molecule has 0 aliphatic carbocycles. The molecule has 0 aromatic heterocycles. The molecule has 1 spiro atoms. The third-order valence-electron chi connectivity index (χ3n) is 7.50. The molecule has 5 nitrogen and oxygen atoms in total. The molecular weight excluding hydrogens is 512 g/mol. The molecule has 0 bridgehead atoms. The first kappa shape index (κ1) is 28.5. The SMILES string of the molecule is CC1Oc2ccccc2COC12CCN(CC(O)COC(c1ccc(F)cc1)c1ccc(F)cc1)CC2.Cl. The van der Waals surface area contributed by atoms with Crippen LogP contribution < -0.4 is 4.74 Å². The van der Waals surface area contributed by atoms with Crippen LogP contribution in [0.1, 0.15) is 42.6 Å². The minimum atomic E-state index is -0.717. The van der Waals surface area contributed by atoms with E-state index in [9.17, 15) is 13.9 Å². The van der Waals surface area contributed by atoms with E-state index in [-0.39, 0.29) is 42.4 Å². The topological polar surface area (TPSA) is 51.2 Å². The number of hydrogen-bond acceptors (Lipinski definition) is 5. The highest BCUT2D eigenvalue weighted by atomic mass is 35.5. The van der Waals surface area contributed by atoms with Crippen molar-refractivity contribution in [3.8, 4) is 5.75 Å². The predicted octanol–water partition coefficient (Wildman–Crippen LogP) is 5.69. The summed E-state index contributed by atoms with van der Waals surface area (Å²) in [5, 5.41) is 10.8. The number of rotatable bonds is 7. The highest BCUT2D eigenvalue weighted by Crippen LogP contribution is 2.37. The van der Waals surface area contributed by atoms with Crippen molar-refractivity contribution >= 4 is 12.4 Å². The summed E-state index contributed by atoms with van der Waals surface area (Å²) < 4.78 is 45.8. The second-order valence-electron chi connectivity index (χ2n) is 9.99. The van der Waals surface area contributed by atoms with E-state index in [1.165, 1.54) is 24.3 Å². The first-order valence-corrected chi connectivity index (χ1v) is 12.8. The number of β-amino-alcohol motifs (C(OH)–C–C–N with tert-alkyl or cyclic N) is 1. The zero-order chi connectivity index (χ0) is 25.8. The van der Waals surface area contributed by atoms with Gasteiger partial charge in [0.2, 0.25) is 0 Å². The van der Waals surface area contributed by atoms with E-state index in [4.69, 9.17) is 14.2 Å². The fraction of sp³-hybridized carbons (Fsp3) is 0.400. The van der Waals surface area contributed by atoms with Crippen LogP contribution in [0.4, 0.5) is 8.78 Å². The average Bonchev–Trinajstić information content (AvgIpc) is 3.04. The van der Waals surface area contributed by atoms with Gasteiger partial charge in [0.15, 0.2) is 0 Å². The summed E-state index contributed by atoms with van der Waals surface area (Å²) in [6.07, 6.45) is 0.288. The first-order chi connectivity index (χ1) is 17.9. The Bertz CT molecular complexity index is 1120. The number of aliphatic hydroxyl groups is 1. The molecular formula is C30H34ClF2NO4. The van der Waals surface area contributed by atoms with Crippen molar-refractivity contribution < 1.29 is 28.1 Å². The van der Waals surface area contributed by atoms with Gasteiger partial charge in [-0.15, -0.1) is 12.4 Å². The maximum Gasteiger partial charge on any atom is 0.125 e. The lowest BCUT2D eigenvalue weighted by Gasteiger charge is -2.44. The normalized spacial score (nSPS) is 19.8. The van der Waals surface area contributed by atoms with Crippen LogP contribution in [0.25, 0.3) is 0 Å². The largest absolute Gasteiger partial charge is 0.487 e. The minimum absolute atomic E-state index is 0. The van der Waals surface area contributed by atoms with Gasteiger partial charge in [-0.1, -0.05) is 42.5 Å². The summed E-state index contributed by atoms with van der Waals surface area (Å²) >= 11 is 0. The maximum absolute atomic E-state index is 13.5. The van der Waals surface area contributed by atoms with E-state index < -0.39 is 12.2 Å². The maximum atomic E-state index is 13.5. The Hall–Kier alpha value is -2.55. The summed E-state index contributed by atoms with van der Waals surface area (Å²) in [5.74, 6) is 0.204. The third-order valence-corrected chi connectivity index (χ3v) is 7.50. The first-order valence-electron chi connectivity index (χ1n) is 12.8. The van der Waals surface area contributed by atoms with Crippen LogP contribution in [0.3, 0.4) is 0 Å². The van der Waals surface area contributed by atoms with Crippen LogP contribution in [-0.2, 0) is 16.1 Å². The van der Waals surface area contributed by atoms with Crippen LogP contribution in [0, 0.1) is 11.6 Å². The lowest BCUT2D eigenvalue weighted by molar-refractivity contribution is -0.138. The van der Waals surface area contributed by atoms with Crippen LogP contribution in [0.2, 0.25) is 0 Å². The molecule has 1 fully saturated rings. The second-order valence-corrected chi connectivity index (χ2v) is 9.99. The quantitative estimate of drug-likeness (QED) is 0.414. The third kappa shape index (κ3) is 6.53. The van der Waals surface area contributed by atoms with Crippen molar-refractivity contribution in [3.05, 3.63) is 101 Å². The van der Waals surface area contributed by atoms with Crippen molar-refractivity contribution in [2.45, 2.75) is 50.3 Å². The molecule has 0 saturated carbocycles. The summed E-state index contributed by atoms with van der Waals surface area (Å²) in [7, 11) is 0. The minimum Gasteiger partial charge on any atom is -0.487 e. The molecule has 2 unspecified atom stereocenters. The Morgan fingerprint density at radius 2 is 1.53 bits per heavy atom. The van der Waals surface area contributed by atoms with Crippen LogP contribution >= 0.6 is 12.4 Å². The summed E-state index contributed by atoms with van der Waals surface area (Å²) in [5.41, 5.74) is 2.19. The van der Waals surface area contributed by atoms with E-state index in [0.717, 1.165) is 48.4 Å². The number of halogens is 3. The van der Waals surface area contributed by atoms with Crippen LogP contribution in [-0.4, -0.2) is 54.1 Å². The second kappa shape index (κ2) is 12.5. The standard InChI is InChI=1S/C30H33F2NO4.ClH/c1-21-30(36-19-24-4-2-3-5-28(24)37-21)14-16-33(17-15-30)18-27(34)20-35-29(22-6-10-25(31)11-7-22)23-8-12-26(32)13-9-23;/h2-13,21,27,29,34H,14-20H2,1H3;1H. The number of para-hydroxylation sites is 1. The van der Waals surface area contributed by atoms with Gasteiger partial charge in [0.05, 0.1) is 19.3 Å². The Morgan fingerprint density at radius 3 is 2.13 bits per heavy atom. The molecule has 1 saturated heterocycles. The fourth-order valence-corrected chi connectivity index (χ4v) is 5.26. The van der Waals surface area contributed by atoms with E-state index >= 15 is 0 Å². The molecule has 2 atom stereocenters. The van der Waals surface area contributed by atoms with Gasteiger partial charge < -0.3 is 24.2 Å². The number of likely N-dealkylation sites (tertiary alicyclic amines) is 1. The van der Waals surface area contributed by atoms with Crippen LogP contribution in [0.15, 0.2) is 72.8 Å². The van der Waals surface area contributed by atoms with Gasteiger partial charge in [0.1, 0.15) is 35.2 Å². The smallest absolute Gasteiger partial charge is 0.125 e. The highest BCUT2D eigenvalue weighted by molar-refractivity contribution is 5.85. The Morgan fingerprint density at radius 1 is 0.947 bits per heavy atom. The molecule has 38 heavy (non-hydrogen) atoms. The van der Waals surface area contributed by atoms with E-state index in [2.05, 4.69) is 11.8 Å². The number of nitrogens with zero attached hydrogens (tertiary/aromatic N) is 1. The monoisotopic (exact) mass is 545 g/mol. The fourth-order valence-electron chi connectivity index (χ4n) is 5.26. The van der Waals surface area contributed by atoms with E-state index in [1.807, 2.05) is 24.3 Å². The van der Waals surface area contributed by atoms with Crippen molar-refractivity contribution in [1.29, 1.82) is 0 Å². The summed E-state index contributed by atoms with van der Waals surface area (Å²) in [6, 6.07) is 20.1. The van der Waals surface area contributed by atoms with E-state index in [1.54, 1.807) is 24.3 Å². The Kier molecular flexibility index (Phi) is 9.39. The number of ether oxygens (including phenoxy) is 3. The number of piperidine rings is 1. The highest BCUT2D eigenvalue weighted by Gasteiger charge is 2.44. The predicted molar refractivity (Wildman–Crippen MR) is 144 cm³/mol. The average molecular weight is 546 g/mol. The van der Waals surface area contributed by atoms with Crippen molar-refractivity contribution in [3.63, 3.8) is 0 Å². The van der Waals surface area contributed by atoms with Crippen molar-refractivity contribution in [1.82, 2.24) is 4.90 Å². The molecule has 0 radical (unpaired) electrons. The number of benzene rings is 3. The molecule has 204 valence electrons. The Labute approximate surface area is 228 Å². The molecule has 2 aliphatic heterocycles. The van der Waals surface area contributed by atoms with Gasteiger partial charge in [-0.05, 0) is 61.2 Å². The molecule has 3 aromatic rings. The molecule has 1 N–H and O–H groups in total. The molecule has 3 aromatic carbocycles. The number of aliphatic hydroxyl groups excluding tert-OH is 1.